The fraction of sp³-hybridized carbons (Fsp3) is 1.00. The quantitative estimate of drug-likeness (QED) is 0.760. The van der Waals surface area contributed by atoms with Gasteiger partial charge in [0.1, 0.15) is 0 Å². The van der Waals surface area contributed by atoms with Gasteiger partial charge in [-0.2, -0.15) is 0 Å². The third-order valence-corrected chi connectivity index (χ3v) is 4.74. The van der Waals surface area contributed by atoms with Gasteiger partial charge in [-0.15, -0.1) is 0 Å². The lowest BCUT2D eigenvalue weighted by atomic mass is 9.58. The van der Waals surface area contributed by atoms with Gasteiger partial charge in [0.05, 0.1) is 17.8 Å². The van der Waals surface area contributed by atoms with Crippen molar-refractivity contribution in [2.24, 2.45) is 11.3 Å². The van der Waals surface area contributed by atoms with Crippen molar-refractivity contribution in [3.8, 4) is 0 Å². The van der Waals surface area contributed by atoms with Crippen LogP contribution in [0.25, 0.3) is 0 Å². The molecule has 100 valence electrons. The highest BCUT2D eigenvalue weighted by atomic mass is 16.5. The van der Waals surface area contributed by atoms with Crippen LogP contribution in [0.5, 0.6) is 0 Å². The lowest BCUT2D eigenvalue weighted by molar-refractivity contribution is -0.178. The number of aliphatic hydroxyl groups is 1. The van der Waals surface area contributed by atoms with Crippen molar-refractivity contribution in [2.45, 2.75) is 84.0 Å². The molecule has 0 amide bonds. The summed E-state index contributed by atoms with van der Waals surface area (Å²) in [6.45, 7) is 8.76. The molecule has 0 aromatic carbocycles. The van der Waals surface area contributed by atoms with E-state index in [4.69, 9.17) is 4.74 Å². The van der Waals surface area contributed by atoms with E-state index in [-0.39, 0.29) is 17.1 Å². The van der Waals surface area contributed by atoms with Crippen molar-refractivity contribution in [1.82, 2.24) is 0 Å². The molecule has 0 saturated heterocycles. The molecule has 4 atom stereocenters. The first-order valence-corrected chi connectivity index (χ1v) is 7.19. The molecular weight excluding hydrogens is 212 g/mol. The van der Waals surface area contributed by atoms with Crippen LogP contribution in [-0.2, 0) is 4.74 Å². The maximum atomic E-state index is 10.2. The Labute approximate surface area is 106 Å². The number of rotatable bonds is 1. The average Bonchev–Trinajstić information content (AvgIpc) is 2.18. The van der Waals surface area contributed by atoms with Gasteiger partial charge >= 0.3 is 0 Å². The minimum atomic E-state index is -0.0971. The smallest absolute Gasteiger partial charge is 0.0639 e. The van der Waals surface area contributed by atoms with E-state index in [0.29, 0.717) is 12.0 Å². The fourth-order valence-corrected chi connectivity index (χ4v) is 3.91. The molecule has 0 aliphatic heterocycles. The van der Waals surface area contributed by atoms with Crippen LogP contribution in [0.15, 0.2) is 0 Å². The van der Waals surface area contributed by atoms with Gasteiger partial charge in [0.2, 0.25) is 0 Å². The van der Waals surface area contributed by atoms with Crippen LogP contribution in [-0.4, -0.2) is 22.9 Å². The maximum Gasteiger partial charge on any atom is 0.0639 e. The van der Waals surface area contributed by atoms with E-state index < -0.39 is 0 Å². The molecule has 2 aliphatic carbocycles. The Morgan fingerprint density at radius 2 is 1.82 bits per heavy atom. The highest BCUT2D eigenvalue weighted by Crippen LogP contribution is 2.52. The van der Waals surface area contributed by atoms with Gasteiger partial charge in [0.15, 0.2) is 0 Å². The van der Waals surface area contributed by atoms with Gasteiger partial charge in [-0.05, 0) is 57.8 Å². The summed E-state index contributed by atoms with van der Waals surface area (Å²) < 4.78 is 6.29. The molecule has 2 nitrogen and oxygen atoms in total. The topological polar surface area (TPSA) is 29.5 Å². The first kappa shape index (κ1) is 13.4. The van der Waals surface area contributed by atoms with E-state index >= 15 is 0 Å². The average molecular weight is 240 g/mol. The summed E-state index contributed by atoms with van der Waals surface area (Å²) in [4.78, 5) is 0. The number of hydrogen-bond acceptors (Lipinski definition) is 2. The standard InChI is InChI=1S/C15H28O2/c1-14(2,3)17-13-9-5-7-11-12(16)8-6-10-15(11,13)4/h11-13,16H,5-10H2,1-4H3/t11-,12-,13-,15-/m0/s1. The van der Waals surface area contributed by atoms with E-state index in [0.717, 1.165) is 19.3 Å². The molecule has 2 rings (SSSR count). The highest BCUT2D eigenvalue weighted by molar-refractivity contribution is 4.99. The molecule has 0 spiro atoms. The molecule has 0 radical (unpaired) electrons. The number of ether oxygens (including phenoxy) is 1. The largest absolute Gasteiger partial charge is 0.393 e. The Balaban J connectivity index is 2.16. The predicted octanol–water partition coefficient (Wildman–Crippen LogP) is 3.52. The summed E-state index contributed by atoms with van der Waals surface area (Å²) in [6, 6.07) is 0. The fourth-order valence-electron chi connectivity index (χ4n) is 3.91. The predicted molar refractivity (Wildman–Crippen MR) is 69.9 cm³/mol. The van der Waals surface area contributed by atoms with Crippen molar-refractivity contribution in [3.63, 3.8) is 0 Å². The lowest BCUT2D eigenvalue weighted by Gasteiger charge is -2.53. The Morgan fingerprint density at radius 1 is 1.12 bits per heavy atom. The van der Waals surface area contributed by atoms with E-state index in [1.807, 2.05) is 0 Å². The summed E-state index contributed by atoms with van der Waals surface area (Å²) >= 11 is 0. The first-order valence-electron chi connectivity index (χ1n) is 7.19. The third kappa shape index (κ3) is 2.68. The van der Waals surface area contributed by atoms with Crippen molar-refractivity contribution < 1.29 is 9.84 Å². The van der Waals surface area contributed by atoms with E-state index in [1.54, 1.807) is 0 Å². The van der Waals surface area contributed by atoms with Gasteiger partial charge in [-0.25, -0.2) is 0 Å². The molecule has 0 aromatic rings. The van der Waals surface area contributed by atoms with E-state index in [1.165, 1.54) is 19.3 Å². The minimum Gasteiger partial charge on any atom is -0.393 e. The van der Waals surface area contributed by atoms with Crippen molar-refractivity contribution in [3.05, 3.63) is 0 Å². The summed E-state index contributed by atoms with van der Waals surface area (Å²) in [5.74, 6) is 0.456. The second kappa shape index (κ2) is 4.55. The highest BCUT2D eigenvalue weighted by Gasteiger charge is 2.49. The van der Waals surface area contributed by atoms with E-state index in [2.05, 4.69) is 27.7 Å². The normalized spacial score (nSPS) is 43.2. The van der Waals surface area contributed by atoms with Crippen molar-refractivity contribution in [2.75, 3.05) is 0 Å². The molecule has 17 heavy (non-hydrogen) atoms. The molecule has 0 bridgehead atoms. The van der Waals surface area contributed by atoms with Crippen LogP contribution in [0.2, 0.25) is 0 Å². The molecule has 1 N–H and O–H groups in total. The Morgan fingerprint density at radius 3 is 2.47 bits per heavy atom. The number of hydrogen-bond donors (Lipinski definition) is 1. The van der Waals surface area contributed by atoms with Gasteiger partial charge in [-0.1, -0.05) is 19.8 Å². The molecule has 0 unspecified atom stereocenters. The minimum absolute atomic E-state index is 0.0715. The second-order valence-electron chi connectivity index (χ2n) is 7.22. The van der Waals surface area contributed by atoms with Gasteiger partial charge in [-0.3, -0.25) is 0 Å². The van der Waals surface area contributed by atoms with Crippen LogP contribution < -0.4 is 0 Å². The molecular formula is C15H28O2. The molecule has 2 fully saturated rings. The zero-order valence-electron chi connectivity index (χ0n) is 11.8. The zero-order chi connectivity index (χ0) is 12.7. The van der Waals surface area contributed by atoms with Gasteiger partial charge in [0, 0.05) is 0 Å². The van der Waals surface area contributed by atoms with Crippen molar-refractivity contribution in [1.29, 1.82) is 0 Å². The lowest BCUT2D eigenvalue weighted by Crippen LogP contribution is -2.52. The Bertz CT molecular complexity index is 269. The molecule has 2 heteroatoms. The van der Waals surface area contributed by atoms with Crippen LogP contribution in [0.3, 0.4) is 0 Å². The van der Waals surface area contributed by atoms with Gasteiger partial charge < -0.3 is 9.84 Å². The second-order valence-corrected chi connectivity index (χ2v) is 7.22. The Kier molecular flexibility index (Phi) is 3.57. The summed E-state index contributed by atoms with van der Waals surface area (Å²) in [5, 5.41) is 10.2. The van der Waals surface area contributed by atoms with Crippen LogP contribution in [0, 0.1) is 11.3 Å². The summed E-state index contributed by atoms with van der Waals surface area (Å²) in [5.41, 5.74) is 0.126. The number of fused-ring (bicyclic) bond motifs is 1. The molecule has 0 heterocycles. The summed E-state index contributed by atoms with van der Waals surface area (Å²) in [6.07, 6.45) is 7.14. The maximum absolute atomic E-state index is 10.2. The Hall–Kier alpha value is -0.0800. The van der Waals surface area contributed by atoms with Crippen LogP contribution >= 0.6 is 0 Å². The van der Waals surface area contributed by atoms with E-state index in [9.17, 15) is 5.11 Å². The monoisotopic (exact) mass is 240 g/mol. The molecule has 0 aromatic heterocycles. The van der Waals surface area contributed by atoms with Crippen molar-refractivity contribution >= 4 is 0 Å². The third-order valence-electron chi connectivity index (χ3n) is 4.74. The number of aliphatic hydroxyl groups excluding tert-OH is 1. The SMILES string of the molecule is CC(C)(C)O[C@H]1CCC[C@H]2[C@@H](O)CCC[C@]12C. The van der Waals surface area contributed by atoms with Crippen LogP contribution in [0.1, 0.15) is 66.2 Å². The first-order chi connectivity index (χ1) is 7.83. The summed E-state index contributed by atoms with van der Waals surface area (Å²) in [7, 11) is 0. The zero-order valence-corrected chi connectivity index (χ0v) is 11.8. The molecule has 2 aliphatic rings. The molecule has 2 saturated carbocycles. The van der Waals surface area contributed by atoms with Crippen LogP contribution in [0.4, 0.5) is 0 Å². The van der Waals surface area contributed by atoms with Gasteiger partial charge in [0.25, 0.3) is 0 Å².